The van der Waals surface area contributed by atoms with Crippen molar-refractivity contribution < 1.29 is 42.3 Å². The molecule has 0 aromatic heterocycles. The monoisotopic (exact) mass is 372 g/mol. The van der Waals surface area contributed by atoms with Crippen LogP contribution in [0.15, 0.2) is 23.1 Å². The van der Waals surface area contributed by atoms with Gasteiger partial charge >= 0.3 is 17.9 Å². The lowest BCUT2D eigenvalue weighted by molar-refractivity contribution is -0.130. The topological polar surface area (TPSA) is 155 Å². The van der Waals surface area contributed by atoms with Gasteiger partial charge in [-0.3, -0.25) is 4.55 Å². The van der Waals surface area contributed by atoms with Crippen molar-refractivity contribution in [3.05, 3.63) is 34.9 Å². The van der Waals surface area contributed by atoms with E-state index in [1.165, 1.54) is 20.8 Å². The van der Waals surface area contributed by atoms with E-state index in [2.05, 4.69) is 6.58 Å². The molecule has 3 N–H and O–H groups in total. The van der Waals surface area contributed by atoms with Crippen molar-refractivity contribution in [2.75, 3.05) is 0 Å². The number of carbonyl (C=O) groups is 3. The van der Waals surface area contributed by atoms with Crippen molar-refractivity contribution in [1.29, 1.82) is 0 Å². The molecule has 1 aromatic rings. The Hall–Kier alpha value is -2.72. The highest BCUT2D eigenvalue weighted by atomic mass is 32.2. The van der Waals surface area contributed by atoms with E-state index in [1.807, 2.05) is 0 Å². The van der Waals surface area contributed by atoms with Gasteiger partial charge in [0.25, 0.3) is 10.1 Å². The number of carboxylic acids is 2. The van der Waals surface area contributed by atoms with Crippen LogP contribution in [0.1, 0.15) is 53.0 Å². The lowest BCUT2D eigenvalue weighted by atomic mass is 9.95. The van der Waals surface area contributed by atoms with Crippen LogP contribution >= 0.6 is 0 Å². The lowest BCUT2D eigenvalue weighted by Crippen LogP contribution is -2.20. The molecule has 0 saturated heterocycles. The largest absolute Gasteiger partial charge is 0.478 e. The molecule has 0 fully saturated rings. The van der Waals surface area contributed by atoms with Crippen molar-refractivity contribution in [2.24, 2.45) is 0 Å². The Labute approximate surface area is 143 Å². The maximum atomic E-state index is 11.8. The zero-order valence-corrected chi connectivity index (χ0v) is 14.4. The molecule has 0 unspecified atom stereocenters. The maximum Gasteiger partial charge on any atom is 0.338 e. The first-order chi connectivity index (χ1) is 11.3. The molecule has 0 aliphatic heterocycles. The third-order valence-corrected chi connectivity index (χ3v) is 4.05. The van der Waals surface area contributed by atoms with Gasteiger partial charge in [0.15, 0.2) is 0 Å². The van der Waals surface area contributed by atoms with E-state index in [1.54, 1.807) is 0 Å². The number of ether oxygens (including phenoxy) is 1. The molecule has 0 spiro atoms. The van der Waals surface area contributed by atoms with Gasteiger partial charge in [-0.05, 0) is 18.9 Å². The smallest absolute Gasteiger partial charge is 0.338 e. The zero-order chi connectivity index (χ0) is 19.7. The predicted molar refractivity (Wildman–Crippen MR) is 84.7 cm³/mol. The van der Waals surface area contributed by atoms with Crippen LogP contribution in [0.25, 0.3) is 0 Å². The van der Waals surface area contributed by atoms with E-state index in [-0.39, 0.29) is 11.1 Å². The standard InChI is InChI=1S/C15H16O9S/c1-6(2)10-9(24-15(20)7(3)4)5-8(13(16)17)11(14(18)19)12(10)25(21,22)23/h5-6H,3H2,1-2,4H3,(H,16,17)(H,18,19)(H,21,22,23). The number of carboxylic acid groups (broad SMARTS) is 2. The highest BCUT2D eigenvalue weighted by Crippen LogP contribution is 2.38. The number of esters is 1. The van der Waals surface area contributed by atoms with Crippen molar-refractivity contribution >= 4 is 28.0 Å². The Balaban J connectivity index is 4.08. The Morgan fingerprint density at radius 3 is 2.00 bits per heavy atom. The minimum Gasteiger partial charge on any atom is -0.478 e. The minimum absolute atomic E-state index is 0.0534. The number of carbonyl (C=O) groups excluding carboxylic acids is 1. The maximum absolute atomic E-state index is 11.8. The summed E-state index contributed by atoms with van der Waals surface area (Å²) in [5.74, 6) is -5.83. The second-order valence-electron chi connectivity index (χ2n) is 5.45. The molecule has 136 valence electrons. The summed E-state index contributed by atoms with van der Waals surface area (Å²) in [5.41, 5.74) is -2.45. The third-order valence-electron chi connectivity index (χ3n) is 3.11. The van der Waals surface area contributed by atoms with Crippen LogP contribution in [0.2, 0.25) is 0 Å². The third kappa shape index (κ3) is 4.22. The number of rotatable bonds is 6. The van der Waals surface area contributed by atoms with Gasteiger partial charge in [-0.2, -0.15) is 8.42 Å². The van der Waals surface area contributed by atoms with Gasteiger partial charge in [0.2, 0.25) is 0 Å². The molecule has 0 atom stereocenters. The second kappa shape index (κ2) is 7.03. The molecular weight excluding hydrogens is 356 g/mol. The molecule has 0 amide bonds. The SMILES string of the molecule is C=C(C)C(=O)Oc1cc(C(=O)O)c(C(=O)O)c(S(=O)(=O)O)c1C(C)C. The first-order valence-corrected chi connectivity index (χ1v) is 8.25. The number of hydrogen-bond donors (Lipinski definition) is 3. The van der Waals surface area contributed by atoms with Gasteiger partial charge in [0.05, 0.1) is 11.1 Å². The fourth-order valence-corrected chi connectivity index (χ4v) is 3.19. The lowest BCUT2D eigenvalue weighted by Gasteiger charge is -2.19. The summed E-state index contributed by atoms with van der Waals surface area (Å²) in [6.45, 7) is 7.56. The number of hydrogen-bond acceptors (Lipinski definition) is 6. The zero-order valence-electron chi connectivity index (χ0n) is 13.6. The molecule has 0 heterocycles. The van der Waals surface area contributed by atoms with Gasteiger partial charge in [0.1, 0.15) is 10.6 Å². The summed E-state index contributed by atoms with van der Waals surface area (Å²) in [6, 6.07) is 0.733. The molecule has 0 bridgehead atoms. The van der Waals surface area contributed by atoms with Gasteiger partial charge in [-0.15, -0.1) is 0 Å². The molecule has 25 heavy (non-hydrogen) atoms. The summed E-state index contributed by atoms with van der Waals surface area (Å²) in [5, 5.41) is 18.5. The van der Waals surface area contributed by atoms with Crippen molar-refractivity contribution in [1.82, 2.24) is 0 Å². The van der Waals surface area contributed by atoms with Crippen LogP contribution in [0.4, 0.5) is 0 Å². The number of aromatic carboxylic acids is 2. The molecule has 0 saturated carbocycles. The first-order valence-electron chi connectivity index (χ1n) is 6.81. The van der Waals surface area contributed by atoms with Crippen LogP contribution < -0.4 is 4.74 Å². The quantitative estimate of drug-likeness (QED) is 0.294. The summed E-state index contributed by atoms with van der Waals surface area (Å²) < 4.78 is 38.0. The molecule has 1 rings (SSSR count). The summed E-state index contributed by atoms with van der Waals surface area (Å²) >= 11 is 0. The van der Waals surface area contributed by atoms with E-state index in [4.69, 9.17) is 4.74 Å². The van der Waals surface area contributed by atoms with Gasteiger partial charge in [-0.1, -0.05) is 20.4 Å². The molecule has 9 nitrogen and oxygen atoms in total. The second-order valence-corrected chi connectivity index (χ2v) is 6.81. The molecule has 0 radical (unpaired) electrons. The predicted octanol–water partition coefficient (Wildman–Crippen LogP) is 1.93. The summed E-state index contributed by atoms with van der Waals surface area (Å²) in [6.07, 6.45) is 0. The molecule has 0 aliphatic carbocycles. The van der Waals surface area contributed by atoms with Crippen LogP contribution in [0.3, 0.4) is 0 Å². The van der Waals surface area contributed by atoms with Crippen LogP contribution in [-0.4, -0.2) is 41.1 Å². The molecule has 0 aliphatic rings. The fraction of sp³-hybridized carbons (Fsp3) is 0.267. The van der Waals surface area contributed by atoms with Gasteiger partial charge in [-0.25, -0.2) is 14.4 Å². The first kappa shape index (κ1) is 20.3. The molecule has 1 aromatic carbocycles. The van der Waals surface area contributed by atoms with Crippen LogP contribution in [0.5, 0.6) is 5.75 Å². The highest BCUT2D eigenvalue weighted by molar-refractivity contribution is 7.86. The van der Waals surface area contributed by atoms with Crippen molar-refractivity contribution in [3.8, 4) is 5.75 Å². The summed E-state index contributed by atoms with van der Waals surface area (Å²) in [7, 11) is -5.15. The fourth-order valence-electron chi connectivity index (χ4n) is 2.12. The molecule has 10 heteroatoms. The number of benzene rings is 1. The average molecular weight is 372 g/mol. The van der Waals surface area contributed by atoms with Crippen molar-refractivity contribution in [2.45, 2.75) is 31.6 Å². The van der Waals surface area contributed by atoms with Crippen LogP contribution in [-0.2, 0) is 14.9 Å². The minimum atomic E-state index is -5.15. The average Bonchev–Trinajstić information content (AvgIpc) is 2.43. The van der Waals surface area contributed by atoms with E-state index < -0.39 is 55.7 Å². The van der Waals surface area contributed by atoms with Crippen molar-refractivity contribution in [3.63, 3.8) is 0 Å². The van der Waals surface area contributed by atoms with E-state index in [0.717, 1.165) is 6.07 Å². The Morgan fingerprint density at radius 1 is 1.16 bits per heavy atom. The Morgan fingerprint density at radius 2 is 1.68 bits per heavy atom. The normalized spacial score (nSPS) is 11.2. The Bertz CT molecular complexity index is 879. The van der Waals surface area contributed by atoms with E-state index >= 15 is 0 Å². The van der Waals surface area contributed by atoms with Gasteiger partial charge < -0.3 is 14.9 Å². The van der Waals surface area contributed by atoms with Gasteiger partial charge in [0, 0.05) is 11.1 Å². The van der Waals surface area contributed by atoms with E-state index in [9.17, 15) is 37.6 Å². The molecular formula is C15H16O9S. The van der Waals surface area contributed by atoms with Crippen LogP contribution in [0, 0.1) is 0 Å². The highest BCUT2D eigenvalue weighted by Gasteiger charge is 2.34. The Kier molecular flexibility index (Phi) is 5.72. The van der Waals surface area contributed by atoms with E-state index in [0.29, 0.717) is 0 Å². The summed E-state index contributed by atoms with van der Waals surface area (Å²) in [4.78, 5) is 33.4.